The Morgan fingerprint density at radius 2 is 1.65 bits per heavy atom. The van der Waals surface area contributed by atoms with E-state index in [9.17, 15) is 0 Å². The third-order valence-electron chi connectivity index (χ3n) is 2.90. The highest BCUT2D eigenvalue weighted by atomic mass is 15.1. The summed E-state index contributed by atoms with van der Waals surface area (Å²) in [7, 11) is 0. The molecule has 0 bridgehead atoms. The molecule has 0 N–H and O–H groups in total. The maximum Gasteiger partial charge on any atom is 0.233 e. The van der Waals surface area contributed by atoms with Crippen LogP contribution < -0.4 is 0 Å². The Morgan fingerprint density at radius 1 is 1.00 bits per heavy atom. The summed E-state index contributed by atoms with van der Waals surface area (Å²) in [6, 6.07) is 0. The van der Waals surface area contributed by atoms with Crippen LogP contribution in [-0.4, -0.2) is 14.4 Å². The Labute approximate surface area is 103 Å². The minimum atomic E-state index is 0.0380. The minimum Gasteiger partial charge on any atom is -0.291 e. The molecule has 0 aliphatic carbocycles. The Kier molecular flexibility index (Phi) is 2.53. The zero-order valence-electron chi connectivity index (χ0n) is 11.6. The number of fused-ring (bicyclic) bond motifs is 1. The number of hydrogen-bond donors (Lipinski definition) is 0. The molecule has 0 aliphatic heterocycles. The summed E-state index contributed by atoms with van der Waals surface area (Å²) in [4.78, 5) is 8.99. The standard InChI is InChI=1S/C14H21N3/c1-13(2,3)10-9-17-8-7-15-12(17)16-11(10)14(4,5)6/h7-9H,1-6H3. The monoisotopic (exact) mass is 231 g/mol. The molecule has 2 aromatic heterocycles. The molecule has 0 fully saturated rings. The first-order valence-electron chi connectivity index (χ1n) is 6.04. The van der Waals surface area contributed by atoms with Crippen molar-refractivity contribution in [2.45, 2.75) is 52.4 Å². The third-order valence-corrected chi connectivity index (χ3v) is 2.90. The maximum atomic E-state index is 4.72. The summed E-state index contributed by atoms with van der Waals surface area (Å²) < 4.78 is 2.00. The predicted molar refractivity (Wildman–Crippen MR) is 70.4 cm³/mol. The zero-order valence-corrected chi connectivity index (χ0v) is 11.6. The fraction of sp³-hybridized carbons (Fsp3) is 0.571. The number of nitrogens with zero attached hydrogens (tertiary/aromatic N) is 3. The van der Waals surface area contributed by atoms with Crippen LogP contribution in [-0.2, 0) is 10.8 Å². The van der Waals surface area contributed by atoms with Gasteiger partial charge in [0.2, 0.25) is 5.78 Å². The molecule has 2 heterocycles. The van der Waals surface area contributed by atoms with E-state index in [4.69, 9.17) is 4.98 Å². The van der Waals surface area contributed by atoms with Gasteiger partial charge in [0.15, 0.2) is 0 Å². The van der Waals surface area contributed by atoms with Gasteiger partial charge in [0.1, 0.15) is 0 Å². The lowest BCUT2D eigenvalue weighted by Gasteiger charge is -2.28. The first kappa shape index (κ1) is 12.1. The average Bonchev–Trinajstić information content (AvgIpc) is 2.59. The molecule has 0 aliphatic rings. The molecule has 3 nitrogen and oxygen atoms in total. The van der Waals surface area contributed by atoms with Crippen LogP contribution in [0.15, 0.2) is 18.6 Å². The lowest BCUT2D eigenvalue weighted by atomic mass is 9.79. The van der Waals surface area contributed by atoms with Crippen molar-refractivity contribution < 1.29 is 0 Å². The quantitative estimate of drug-likeness (QED) is 0.696. The van der Waals surface area contributed by atoms with E-state index in [0.717, 1.165) is 11.5 Å². The molecule has 3 heteroatoms. The lowest BCUT2D eigenvalue weighted by molar-refractivity contribution is 0.511. The summed E-state index contributed by atoms with van der Waals surface area (Å²) in [5.41, 5.74) is 2.56. The van der Waals surface area contributed by atoms with Crippen LogP contribution >= 0.6 is 0 Å². The Balaban J connectivity index is 2.78. The van der Waals surface area contributed by atoms with Crippen molar-refractivity contribution in [3.05, 3.63) is 29.8 Å². The van der Waals surface area contributed by atoms with Gasteiger partial charge in [-0.2, -0.15) is 0 Å². The van der Waals surface area contributed by atoms with E-state index in [2.05, 4.69) is 52.7 Å². The number of hydrogen-bond acceptors (Lipinski definition) is 2. The van der Waals surface area contributed by atoms with Gasteiger partial charge >= 0.3 is 0 Å². The van der Waals surface area contributed by atoms with Gasteiger partial charge in [0.05, 0.1) is 5.69 Å². The molecule has 0 radical (unpaired) electrons. The number of rotatable bonds is 0. The second-order valence-corrected chi connectivity index (χ2v) is 6.64. The third kappa shape index (κ3) is 2.19. The van der Waals surface area contributed by atoms with Gasteiger partial charge in [-0.1, -0.05) is 41.5 Å². The fourth-order valence-corrected chi connectivity index (χ4v) is 1.97. The first-order chi connectivity index (χ1) is 7.69. The molecule has 2 aromatic rings. The van der Waals surface area contributed by atoms with Gasteiger partial charge < -0.3 is 0 Å². The van der Waals surface area contributed by atoms with Crippen molar-refractivity contribution in [2.75, 3.05) is 0 Å². The smallest absolute Gasteiger partial charge is 0.233 e. The van der Waals surface area contributed by atoms with Gasteiger partial charge in [-0.15, -0.1) is 0 Å². The van der Waals surface area contributed by atoms with Gasteiger partial charge in [-0.25, -0.2) is 9.97 Å². The van der Waals surface area contributed by atoms with Gasteiger partial charge in [0, 0.05) is 24.0 Å². The molecular weight excluding hydrogens is 210 g/mol. The molecule has 0 amide bonds. The highest BCUT2D eigenvalue weighted by Gasteiger charge is 2.27. The van der Waals surface area contributed by atoms with Crippen molar-refractivity contribution in [1.29, 1.82) is 0 Å². The molecule has 0 atom stereocenters. The molecule has 0 spiro atoms. The molecule has 2 rings (SSSR count). The maximum absolute atomic E-state index is 4.72. The van der Waals surface area contributed by atoms with Gasteiger partial charge in [-0.05, 0) is 11.0 Å². The molecule has 92 valence electrons. The molecule has 0 saturated carbocycles. The van der Waals surface area contributed by atoms with Crippen LogP contribution in [0.4, 0.5) is 0 Å². The first-order valence-corrected chi connectivity index (χ1v) is 6.04. The summed E-state index contributed by atoms with van der Waals surface area (Å²) >= 11 is 0. The van der Waals surface area contributed by atoms with E-state index in [-0.39, 0.29) is 10.8 Å². The van der Waals surface area contributed by atoms with Crippen LogP contribution in [0.2, 0.25) is 0 Å². The summed E-state index contributed by atoms with van der Waals surface area (Å²) in [5.74, 6) is 0.780. The van der Waals surface area contributed by atoms with E-state index in [0.29, 0.717) is 0 Å². The Morgan fingerprint density at radius 3 is 2.18 bits per heavy atom. The summed E-state index contributed by atoms with van der Waals surface area (Å²) in [5, 5.41) is 0. The normalized spacial score (nSPS) is 13.3. The predicted octanol–water partition coefficient (Wildman–Crippen LogP) is 3.32. The van der Waals surface area contributed by atoms with Crippen molar-refractivity contribution in [3.8, 4) is 0 Å². The minimum absolute atomic E-state index is 0.0380. The Bertz CT molecular complexity index is 491. The van der Waals surface area contributed by atoms with Crippen LogP contribution in [0, 0.1) is 0 Å². The molecule has 17 heavy (non-hydrogen) atoms. The zero-order chi connectivity index (χ0) is 12.8. The lowest BCUT2D eigenvalue weighted by Crippen LogP contribution is -2.24. The van der Waals surface area contributed by atoms with E-state index in [1.807, 2.05) is 10.6 Å². The molecule has 0 aromatic carbocycles. The topological polar surface area (TPSA) is 30.2 Å². The fourth-order valence-electron chi connectivity index (χ4n) is 1.97. The molecular formula is C14H21N3. The highest BCUT2D eigenvalue weighted by Crippen LogP contribution is 2.32. The van der Waals surface area contributed by atoms with Gasteiger partial charge in [0.25, 0.3) is 0 Å². The van der Waals surface area contributed by atoms with Gasteiger partial charge in [-0.3, -0.25) is 4.40 Å². The van der Waals surface area contributed by atoms with E-state index in [1.165, 1.54) is 5.56 Å². The summed E-state index contributed by atoms with van der Waals surface area (Å²) in [6.07, 6.45) is 5.90. The summed E-state index contributed by atoms with van der Waals surface area (Å²) in [6.45, 7) is 13.3. The van der Waals surface area contributed by atoms with Crippen molar-refractivity contribution in [3.63, 3.8) is 0 Å². The molecule has 0 saturated heterocycles. The average molecular weight is 231 g/mol. The second-order valence-electron chi connectivity index (χ2n) is 6.64. The van der Waals surface area contributed by atoms with Crippen LogP contribution in [0.25, 0.3) is 5.78 Å². The highest BCUT2D eigenvalue weighted by molar-refractivity contribution is 5.39. The van der Waals surface area contributed by atoms with Crippen molar-refractivity contribution in [1.82, 2.24) is 14.4 Å². The van der Waals surface area contributed by atoms with E-state index >= 15 is 0 Å². The largest absolute Gasteiger partial charge is 0.291 e. The van der Waals surface area contributed by atoms with Crippen molar-refractivity contribution in [2.24, 2.45) is 0 Å². The number of imidazole rings is 1. The van der Waals surface area contributed by atoms with E-state index < -0.39 is 0 Å². The Hall–Kier alpha value is -1.38. The molecule has 0 unspecified atom stereocenters. The van der Waals surface area contributed by atoms with Crippen LogP contribution in [0.3, 0.4) is 0 Å². The SMILES string of the molecule is CC(C)(C)c1cn2ccnc2nc1C(C)(C)C. The van der Waals surface area contributed by atoms with Crippen LogP contribution in [0.5, 0.6) is 0 Å². The van der Waals surface area contributed by atoms with Crippen LogP contribution in [0.1, 0.15) is 52.8 Å². The van der Waals surface area contributed by atoms with E-state index in [1.54, 1.807) is 6.20 Å². The number of aromatic nitrogens is 3. The second kappa shape index (κ2) is 3.56. The van der Waals surface area contributed by atoms with Crippen molar-refractivity contribution >= 4 is 5.78 Å².